The van der Waals surface area contributed by atoms with Crippen LogP contribution in [0.2, 0.25) is 0 Å². The van der Waals surface area contributed by atoms with Crippen LogP contribution in [0.4, 0.5) is 0 Å². The Labute approximate surface area is 117 Å². The summed E-state index contributed by atoms with van der Waals surface area (Å²) in [5.74, 6) is 0. The zero-order valence-corrected chi connectivity index (χ0v) is 3.39. The van der Waals surface area contributed by atoms with Gasteiger partial charge < -0.3 is 0 Å². The average Bonchev–Trinajstić information content (AvgIpc) is 0.722. The van der Waals surface area contributed by atoms with Crippen molar-refractivity contribution in [1.82, 2.24) is 0 Å². The molecule has 0 aromatic rings. The molecule has 2 N–H and O–H groups in total. The molecular formula is H6CrO4Sr2. The van der Waals surface area contributed by atoms with Crippen molar-refractivity contribution in [3.05, 3.63) is 0 Å². The Morgan fingerprint density at radius 3 is 1.00 bits per heavy atom. The Kier molecular flexibility index (Phi) is 16.8. The van der Waals surface area contributed by atoms with Crippen molar-refractivity contribution in [2.75, 3.05) is 0 Å². The summed E-state index contributed by atoms with van der Waals surface area (Å²) in [7, 11) is 0. The normalized spacial score (nSPS) is 8.29. The van der Waals surface area contributed by atoms with Gasteiger partial charge in [0.05, 0.1) is 0 Å². The van der Waals surface area contributed by atoms with Crippen molar-refractivity contribution < 1.29 is 29.5 Å². The second-order valence-electron chi connectivity index (χ2n) is 0.448. The van der Waals surface area contributed by atoms with Gasteiger partial charge in [0.15, 0.2) is 0 Å². The van der Waals surface area contributed by atoms with Gasteiger partial charge in [-0.1, -0.05) is 0 Å². The molecule has 0 saturated heterocycles. The topological polar surface area (TPSA) is 74.6 Å². The molecule has 0 atom stereocenters. The first-order valence-electron chi connectivity index (χ1n) is 0.698. The van der Waals surface area contributed by atoms with Gasteiger partial charge in [0, 0.05) is 0 Å². The van der Waals surface area contributed by atoms with Crippen molar-refractivity contribution in [1.29, 1.82) is 0 Å². The van der Waals surface area contributed by atoms with E-state index in [0.717, 1.165) is 0 Å². The summed E-state index contributed by atoms with van der Waals surface area (Å²) in [5, 5.41) is 0. The summed E-state index contributed by atoms with van der Waals surface area (Å²) in [6.45, 7) is 0. The molecule has 7 heteroatoms. The van der Waals surface area contributed by atoms with E-state index in [0.29, 0.717) is 0 Å². The SMILES string of the molecule is [O]=[Cr](=[O])([OH])[OH].[SrH2].[SrH2]. The van der Waals surface area contributed by atoms with E-state index in [1.54, 1.807) is 0 Å². The van der Waals surface area contributed by atoms with E-state index in [1.807, 2.05) is 0 Å². The quantitative estimate of drug-likeness (QED) is 0.462. The Balaban J connectivity index is -0.0000000800. The minimum atomic E-state index is -5.25. The second kappa shape index (κ2) is 7.12. The van der Waals surface area contributed by atoms with Crippen LogP contribution in [-0.2, 0) is 21.2 Å². The number of hydrogen-bond donors (Lipinski definition) is 2. The second-order valence-corrected chi connectivity index (χ2v) is 1.85. The summed E-state index contributed by atoms with van der Waals surface area (Å²) < 4.78 is 31.9. The Hall–Kier alpha value is 3.01. The predicted octanol–water partition coefficient (Wildman–Crippen LogP) is -3.19. The third-order valence-corrected chi connectivity index (χ3v) is 0. The molecule has 0 spiro atoms. The summed E-state index contributed by atoms with van der Waals surface area (Å²) in [4.78, 5) is 0. The van der Waals surface area contributed by atoms with Crippen LogP contribution in [0.1, 0.15) is 0 Å². The van der Waals surface area contributed by atoms with Crippen molar-refractivity contribution in [2.45, 2.75) is 0 Å². The van der Waals surface area contributed by atoms with E-state index in [9.17, 15) is 0 Å². The average molecular weight is 297 g/mol. The summed E-state index contributed by atoms with van der Waals surface area (Å²) >= 11 is -5.25. The zero-order chi connectivity index (χ0) is 4.50. The van der Waals surface area contributed by atoms with Crippen molar-refractivity contribution >= 4 is 91.0 Å². The van der Waals surface area contributed by atoms with Gasteiger partial charge in [-0.25, -0.2) is 0 Å². The molecule has 4 nitrogen and oxygen atoms in total. The molecular weight excluding hydrogens is 291 g/mol. The van der Waals surface area contributed by atoms with Crippen LogP contribution in [0.25, 0.3) is 0 Å². The maximum atomic E-state index is 8.82. The van der Waals surface area contributed by atoms with E-state index in [2.05, 4.69) is 0 Å². The fraction of sp³-hybridized carbons (Fsp3) is 0. The van der Waals surface area contributed by atoms with E-state index >= 15 is 0 Å². The molecule has 0 radical (unpaired) electrons. The van der Waals surface area contributed by atoms with Crippen LogP contribution < -0.4 is 0 Å². The van der Waals surface area contributed by atoms with Crippen molar-refractivity contribution in [3.63, 3.8) is 0 Å². The summed E-state index contributed by atoms with van der Waals surface area (Å²) in [6, 6.07) is 0. The minimum absolute atomic E-state index is 0. The fourth-order valence-electron chi connectivity index (χ4n) is 0. The molecule has 0 amide bonds. The molecule has 0 aliphatic heterocycles. The maximum absolute atomic E-state index is 8.82. The molecule has 7 heavy (non-hydrogen) atoms. The Morgan fingerprint density at radius 2 is 1.00 bits per heavy atom. The molecule has 0 aromatic carbocycles. The number of hydrogen-bond acceptors (Lipinski definition) is 2. The van der Waals surface area contributed by atoms with Gasteiger partial charge >= 0.3 is 121 Å². The van der Waals surface area contributed by atoms with Gasteiger partial charge in [-0.15, -0.1) is 0 Å². The van der Waals surface area contributed by atoms with Gasteiger partial charge in [0.1, 0.15) is 0 Å². The molecule has 0 bridgehead atoms. The van der Waals surface area contributed by atoms with Crippen LogP contribution in [0.5, 0.6) is 0 Å². The first-order valence-corrected chi connectivity index (χ1v) is 2.88. The van der Waals surface area contributed by atoms with Crippen LogP contribution in [0.15, 0.2) is 0 Å². The first-order chi connectivity index (χ1) is 2.00. The molecule has 0 saturated carbocycles. The molecule has 0 fully saturated rings. The summed E-state index contributed by atoms with van der Waals surface area (Å²) in [6.07, 6.45) is 0. The van der Waals surface area contributed by atoms with E-state index in [1.165, 1.54) is 0 Å². The fourth-order valence-corrected chi connectivity index (χ4v) is 0. The van der Waals surface area contributed by atoms with Gasteiger partial charge in [-0.3, -0.25) is 0 Å². The molecule has 0 aliphatic rings. The van der Waals surface area contributed by atoms with Gasteiger partial charge in [-0.05, 0) is 0 Å². The molecule has 0 aromatic heterocycles. The van der Waals surface area contributed by atoms with Crippen LogP contribution in [0.3, 0.4) is 0 Å². The van der Waals surface area contributed by atoms with E-state index in [4.69, 9.17) is 15.9 Å². The molecule has 0 heterocycles. The Bertz CT molecular complexity index is 92.9. The van der Waals surface area contributed by atoms with E-state index < -0.39 is 13.6 Å². The first kappa shape index (κ1) is 16.5. The molecule has 0 unspecified atom stereocenters. The molecule has 40 valence electrons. The van der Waals surface area contributed by atoms with Crippen molar-refractivity contribution in [3.8, 4) is 0 Å². The predicted molar refractivity (Wildman–Crippen MR) is 22.9 cm³/mol. The van der Waals surface area contributed by atoms with Crippen LogP contribution >= 0.6 is 0 Å². The van der Waals surface area contributed by atoms with Gasteiger partial charge in [0.2, 0.25) is 0 Å². The molecule has 0 rings (SSSR count). The van der Waals surface area contributed by atoms with Crippen LogP contribution in [0, 0.1) is 0 Å². The standard InChI is InChI=1S/Cr.2H2O.2O.2Sr.4H/h;2*1H2;;;;;;;;/q+2;;;;;;;;;;/p-2. The summed E-state index contributed by atoms with van der Waals surface area (Å²) in [5.41, 5.74) is 0. The van der Waals surface area contributed by atoms with E-state index in [-0.39, 0.29) is 91.0 Å². The third-order valence-electron chi connectivity index (χ3n) is 0. The van der Waals surface area contributed by atoms with Gasteiger partial charge in [0.25, 0.3) is 0 Å². The van der Waals surface area contributed by atoms with Crippen LogP contribution in [-0.4, -0.2) is 99.3 Å². The van der Waals surface area contributed by atoms with Crippen molar-refractivity contribution in [2.24, 2.45) is 0 Å². The monoisotopic (exact) mass is 298 g/mol. The Morgan fingerprint density at radius 1 is 1.00 bits per heavy atom. The number of rotatable bonds is 0. The zero-order valence-electron chi connectivity index (χ0n) is 2.12. The molecule has 0 aliphatic carbocycles. The third kappa shape index (κ3) is 48.8. The van der Waals surface area contributed by atoms with Gasteiger partial charge in [-0.2, -0.15) is 0 Å².